The first-order valence-corrected chi connectivity index (χ1v) is 11.1. The molecular formula is C12H28NPS2. The summed E-state index contributed by atoms with van der Waals surface area (Å²) < 4.78 is 2.65. The van der Waals surface area contributed by atoms with E-state index < -0.39 is 0 Å². The molecule has 0 aromatic heterocycles. The molecule has 0 rings (SSSR count). The molecule has 0 saturated heterocycles. The number of rotatable bonds is 11. The van der Waals surface area contributed by atoms with Crippen LogP contribution >= 0.6 is 29.2 Å². The maximum Gasteiger partial charge on any atom is 0.0874 e. The average Bonchev–Trinajstić information content (AvgIpc) is 2.30. The summed E-state index contributed by atoms with van der Waals surface area (Å²) in [5.41, 5.74) is 0. The Hall–Kier alpha value is 1.09. The molecular weight excluding hydrogens is 253 g/mol. The molecule has 0 bridgehead atoms. The van der Waals surface area contributed by atoms with Gasteiger partial charge in [0.1, 0.15) is 0 Å². The maximum absolute atomic E-state index is 2.65. The third-order valence-electron chi connectivity index (χ3n) is 2.36. The van der Waals surface area contributed by atoms with Gasteiger partial charge in [0, 0.05) is 13.1 Å². The molecule has 16 heavy (non-hydrogen) atoms. The molecule has 0 fully saturated rings. The second kappa shape index (κ2) is 12.5. The smallest absolute Gasteiger partial charge is 0.0874 e. The van der Waals surface area contributed by atoms with Crippen molar-refractivity contribution in [2.75, 3.05) is 24.6 Å². The lowest BCUT2D eigenvalue weighted by Gasteiger charge is -2.28. The zero-order valence-electron chi connectivity index (χ0n) is 11.4. The van der Waals surface area contributed by atoms with Gasteiger partial charge in [0.2, 0.25) is 0 Å². The Balaban J connectivity index is 3.93. The van der Waals surface area contributed by atoms with E-state index in [0.717, 1.165) is 0 Å². The number of unbranched alkanes of at least 4 members (excludes halogenated alkanes) is 2. The fourth-order valence-electron chi connectivity index (χ4n) is 1.23. The molecule has 0 unspecified atom stereocenters. The van der Waals surface area contributed by atoms with Crippen LogP contribution in [0.3, 0.4) is 0 Å². The van der Waals surface area contributed by atoms with Crippen molar-refractivity contribution in [2.45, 2.75) is 53.4 Å². The first-order valence-electron chi connectivity index (χ1n) is 6.60. The Morgan fingerprint density at radius 1 is 0.812 bits per heavy atom. The minimum Gasteiger partial charge on any atom is -0.266 e. The average molecular weight is 281 g/mol. The topological polar surface area (TPSA) is 3.24 Å². The van der Waals surface area contributed by atoms with Crippen molar-refractivity contribution in [3.05, 3.63) is 0 Å². The molecule has 0 aliphatic carbocycles. The van der Waals surface area contributed by atoms with Gasteiger partial charge >= 0.3 is 0 Å². The third-order valence-corrected chi connectivity index (χ3v) is 10.5. The van der Waals surface area contributed by atoms with Crippen molar-refractivity contribution in [3.63, 3.8) is 0 Å². The molecule has 0 aromatic rings. The van der Waals surface area contributed by atoms with E-state index in [1.807, 2.05) is 0 Å². The lowest BCUT2D eigenvalue weighted by atomic mass is 10.4. The van der Waals surface area contributed by atoms with Crippen LogP contribution in [0.4, 0.5) is 0 Å². The quantitative estimate of drug-likeness (QED) is 0.357. The van der Waals surface area contributed by atoms with Crippen LogP contribution in [0.1, 0.15) is 53.4 Å². The Labute approximate surface area is 112 Å². The highest BCUT2D eigenvalue weighted by Crippen LogP contribution is 2.63. The maximum atomic E-state index is 2.65. The van der Waals surface area contributed by atoms with Crippen LogP contribution in [0.25, 0.3) is 0 Å². The molecule has 0 aliphatic rings. The van der Waals surface area contributed by atoms with Crippen LogP contribution in [0.2, 0.25) is 0 Å². The van der Waals surface area contributed by atoms with Gasteiger partial charge in [-0.05, 0) is 24.3 Å². The van der Waals surface area contributed by atoms with Crippen LogP contribution in [-0.4, -0.2) is 29.3 Å². The van der Waals surface area contributed by atoms with Gasteiger partial charge in [0.05, 0.1) is 6.48 Å². The van der Waals surface area contributed by atoms with Gasteiger partial charge in [-0.2, -0.15) is 0 Å². The zero-order valence-corrected chi connectivity index (χ0v) is 13.9. The molecule has 4 heteroatoms. The van der Waals surface area contributed by atoms with Crippen molar-refractivity contribution in [1.29, 1.82) is 0 Å². The molecule has 0 N–H and O–H groups in total. The van der Waals surface area contributed by atoms with E-state index >= 15 is 0 Å². The minimum absolute atomic E-state index is 0.0192. The van der Waals surface area contributed by atoms with Crippen LogP contribution < -0.4 is 0 Å². The lowest BCUT2D eigenvalue weighted by Crippen LogP contribution is -2.14. The molecule has 1 nitrogen and oxygen atoms in total. The predicted octanol–water partition coefficient (Wildman–Crippen LogP) is 5.62. The van der Waals surface area contributed by atoms with Crippen molar-refractivity contribution < 1.29 is 0 Å². The van der Waals surface area contributed by atoms with Crippen molar-refractivity contribution in [3.8, 4) is 0 Å². The van der Waals surface area contributed by atoms with E-state index in [1.165, 1.54) is 50.3 Å². The Morgan fingerprint density at radius 3 is 1.56 bits per heavy atom. The van der Waals surface area contributed by atoms with Crippen molar-refractivity contribution >= 4 is 29.2 Å². The van der Waals surface area contributed by atoms with Crippen molar-refractivity contribution in [1.82, 2.24) is 4.67 Å². The summed E-state index contributed by atoms with van der Waals surface area (Å²) >= 11 is 4.42. The largest absolute Gasteiger partial charge is 0.266 e. The van der Waals surface area contributed by atoms with Gasteiger partial charge in [0.25, 0.3) is 0 Å². The van der Waals surface area contributed by atoms with Gasteiger partial charge in [-0.1, -0.05) is 40.5 Å². The Bertz CT molecular complexity index is 133. The fourth-order valence-corrected chi connectivity index (χ4v) is 9.55. The summed E-state index contributed by atoms with van der Waals surface area (Å²) in [5.74, 6) is 2.69. The second-order valence-electron chi connectivity index (χ2n) is 3.75. The molecule has 0 aromatic carbocycles. The summed E-state index contributed by atoms with van der Waals surface area (Å²) in [6, 6.07) is 0. The highest BCUT2D eigenvalue weighted by Gasteiger charge is 2.16. The molecule has 0 radical (unpaired) electrons. The summed E-state index contributed by atoms with van der Waals surface area (Å²) in [4.78, 5) is 0. The number of hydrogen-bond acceptors (Lipinski definition) is 3. The van der Waals surface area contributed by atoms with Crippen LogP contribution in [0, 0.1) is 0 Å². The van der Waals surface area contributed by atoms with Crippen LogP contribution in [0.5, 0.6) is 0 Å². The predicted molar refractivity (Wildman–Crippen MR) is 84.6 cm³/mol. The highest BCUT2D eigenvalue weighted by molar-refractivity contribution is 8.87. The van der Waals surface area contributed by atoms with Gasteiger partial charge in [0.15, 0.2) is 0 Å². The number of hydrogen-bond donors (Lipinski definition) is 0. The molecule has 0 heterocycles. The second-order valence-corrected chi connectivity index (χ2v) is 10.4. The molecule has 0 spiro atoms. The minimum atomic E-state index is 0.0192. The van der Waals surface area contributed by atoms with E-state index in [1.54, 1.807) is 0 Å². The Kier molecular flexibility index (Phi) is 13.4. The summed E-state index contributed by atoms with van der Waals surface area (Å²) in [6.07, 6.45) is 5.40. The molecule has 0 aliphatic heterocycles. The van der Waals surface area contributed by atoms with Crippen LogP contribution in [0.15, 0.2) is 0 Å². The monoisotopic (exact) mass is 281 g/mol. The van der Waals surface area contributed by atoms with Gasteiger partial charge in [-0.25, -0.2) is 0 Å². The Morgan fingerprint density at radius 2 is 1.25 bits per heavy atom. The molecule has 0 atom stereocenters. The fraction of sp³-hybridized carbons (Fsp3) is 1.00. The molecule has 98 valence electrons. The first-order chi connectivity index (χ1) is 7.79. The van der Waals surface area contributed by atoms with Gasteiger partial charge in [-0.15, -0.1) is 22.8 Å². The molecule has 0 saturated carbocycles. The highest BCUT2D eigenvalue weighted by atomic mass is 33.1. The van der Waals surface area contributed by atoms with Crippen molar-refractivity contribution in [2.24, 2.45) is 0 Å². The third kappa shape index (κ3) is 8.22. The standard InChI is InChI=1S/C12H28NPS2/c1-5-9-11-15-14(13(7-3)8-4)16-12-10-6-2/h5-12H2,1-4H3. The van der Waals surface area contributed by atoms with E-state index in [4.69, 9.17) is 0 Å². The van der Waals surface area contributed by atoms with E-state index in [0.29, 0.717) is 0 Å². The van der Waals surface area contributed by atoms with Crippen LogP contribution in [-0.2, 0) is 0 Å². The molecule has 0 amide bonds. The summed E-state index contributed by atoms with van der Waals surface area (Å²) in [5, 5.41) is 0. The SMILES string of the molecule is CCCCSP(SCCCC)N(CC)CC. The van der Waals surface area contributed by atoms with Gasteiger partial charge in [-0.3, -0.25) is 4.67 Å². The normalized spacial score (nSPS) is 11.6. The van der Waals surface area contributed by atoms with E-state index in [9.17, 15) is 0 Å². The summed E-state index contributed by atoms with van der Waals surface area (Å²) in [6.45, 7) is 11.6. The zero-order chi connectivity index (χ0) is 12.2. The van der Waals surface area contributed by atoms with Gasteiger partial charge < -0.3 is 0 Å². The van der Waals surface area contributed by atoms with E-state index in [-0.39, 0.29) is 6.48 Å². The lowest BCUT2D eigenvalue weighted by molar-refractivity contribution is 0.520. The van der Waals surface area contributed by atoms with E-state index in [2.05, 4.69) is 55.1 Å². The first kappa shape index (κ1) is 17.1. The summed E-state index contributed by atoms with van der Waals surface area (Å²) in [7, 11) is 0. The number of nitrogens with zero attached hydrogens (tertiary/aromatic N) is 1.